The first kappa shape index (κ1) is 21.1. The number of rotatable bonds is 7. The monoisotopic (exact) mass is 416 g/mol. The Kier molecular flexibility index (Phi) is 7.32. The molecular formula is C25H32N6. The molecule has 2 aromatic carbocycles. The number of hydrogen-bond acceptors (Lipinski definition) is 3. The quantitative estimate of drug-likeness (QED) is 0.457. The van der Waals surface area contributed by atoms with Gasteiger partial charge in [-0.1, -0.05) is 67.1 Å². The van der Waals surface area contributed by atoms with E-state index in [0.717, 1.165) is 50.1 Å². The summed E-state index contributed by atoms with van der Waals surface area (Å²) in [6, 6.07) is 21.3. The fraction of sp³-hybridized carbons (Fsp3) is 0.400. The number of nitrogens with one attached hydrogen (secondary N) is 2. The number of fused-ring (bicyclic) bond motifs is 1. The molecule has 0 unspecified atom stereocenters. The van der Waals surface area contributed by atoms with Crippen molar-refractivity contribution in [1.82, 2.24) is 25.4 Å². The molecule has 0 amide bonds. The highest BCUT2D eigenvalue weighted by atomic mass is 15.3. The van der Waals surface area contributed by atoms with Gasteiger partial charge in [-0.05, 0) is 24.0 Å². The highest BCUT2D eigenvalue weighted by Gasteiger charge is 2.16. The van der Waals surface area contributed by atoms with Crippen LogP contribution >= 0.6 is 0 Å². The summed E-state index contributed by atoms with van der Waals surface area (Å²) in [7, 11) is 1.82. The van der Waals surface area contributed by atoms with Gasteiger partial charge in [0, 0.05) is 45.4 Å². The average Bonchev–Trinajstić information content (AvgIpc) is 3.05. The Morgan fingerprint density at radius 3 is 2.32 bits per heavy atom. The van der Waals surface area contributed by atoms with E-state index < -0.39 is 0 Å². The summed E-state index contributed by atoms with van der Waals surface area (Å²) in [6.07, 6.45) is 5.60. The summed E-state index contributed by atoms with van der Waals surface area (Å²) in [5.74, 6) is 3.29. The van der Waals surface area contributed by atoms with E-state index in [4.69, 9.17) is 0 Å². The van der Waals surface area contributed by atoms with Crippen LogP contribution < -0.4 is 10.6 Å². The lowest BCUT2D eigenvalue weighted by Crippen LogP contribution is -2.40. The molecule has 0 spiro atoms. The van der Waals surface area contributed by atoms with E-state index in [1.54, 1.807) is 0 Å². The molecule has 0 bridgehead atoms. The number of guanidine groups is 1. The molecule has 1 aliphatic rings. The van der Waals surface area contributed by atoms with Crippen molar-refractivity contribution >= 4 is 5.96 Å². The van der Waals surface area contributed by atoms with Crippen molar-refractivity contribution in [3.63, 3.8) is 0 Å². The van der Waals surface area contributed by atoms with Crippen LogP contribution in [0.1, 0.15) is 48.0 Å². The molecule has 0 radical (unpaired) electrons. The van der Waals surface area contributed by atoms with Crippen molar-refractivity contribution in [2.75, 3.05) is 20.1 Å². The van der Waals surface area contributed by atoms with E-state index in [2.05, 4.69) is 91.1 Å². The van der Waals surface area contributed by atoms with Crippen LogP contribution in [0.4, 0.5) is 0 Å². The largest absolute Gasteiger partial charge is 0.356 e. The second kappa shape index (κ2) is 10.8. The molecule has 1 aromatic heterocycles. The van der Waals surface area contributed by atoms with Gasteiger partial charge in [0.1, 0.15) is 11.6 Å². The Bertz CT molecular complexity index is 925. The van der Waals surface area contributed by atoms with Crippen LogP contribution in [0.15, 0.2) is 65.7 Å². The van der Waals surface area contributed by atoms with Gasteiger partial charge in [-0.3, -0.25) is 4.99 Å². The van der Waals surface area contributed by atoms with Gasteiger partial charge >= 0.3 is 0 Å². The van der Waals surface area contributed by atoms with Crippen molar-refractivity contribution in [3.8, 4) is 0 Å². The van der Waals surface area contributed by atoms with Crippen LogP contribution in [0.3, 0.4) is 0 Å². The lowest BCUT2D eigenvalue weighted by Gasteiger charge is -2.20. The molecule has 2 heterocycles. The molecule has 4 rings (SSSR count). The van der Waals surface area contributed by atoms with Crippen LogP contribution in [0.25, 0.3) is 0 Å². The molecule has 0 atom stereocenters. The van der Waals surface area contributed by atoms with Gasteiger partial charge < -0.3 is 15.2 Å². The first-order chi connectivity index (χ1) is 15.3. The maximum absolute atomic E-state index is 4.43. The van der Waals surface area contributed by atoms with Gasteiger partial charge in [-0.15, -0.1) is 10.2 Å². The highest BCUT2D eigenvalue weighted by Crippen LogP contribution is 2.23. The maximum Gasteiger partial charge on any atom is 0.191 e. The minimum Gasteiger partial charge on any atom is -0.356 e. The van der Waals surface area contributed by atoms with Gasteiger partial charge in [-0.2, -0.15) is 0 Å². The third-order valence-electron chi connectivity index (χ3n) is 5.93. The van der Waals surface area contributed by atoms with E-state index in [1.165, 1.54) is 30.4 Å². The van der Waals surface area contributed by atoms with Crippen molar-refractivity contribution in [1.29, 1.82) is 0 Å². The van der Waals surface area contributed by atoms with Crippen LogP contribution in [0.5, 0.6) is 0 Å². The first-order valence-corrected chi connectivity index (χ1v) is 11.3. The molecule has 0 saturated heterocycles. The van der Waals surface area contributed by atoms with Crippen molar-refractivity contribution < 1.29 is 0 Å². The number of aliphatic imine (C=N–C) groups is 1. The molecule has 1 aliphatic heterocycles. The van der Waals surface area contributed by atoms with Crippen molar-refractivity contribution in [2.45, 2.75) is 44.6 Å². The van der Waals surface area contributed by atoms with Gasteiger partial charge in [0.25, 0.3) is 0 Å². The molecule has 2 N–H and O–H groups in total. The van der Waals surface area contributed by atoms with E-state index in [9.17, 15) is 0 Å². The van der Waals surface area contributed by atoms with Crippen LogP contribution in [0, 0.1) is 0 Å². The van der Waals surface area contributed by atoms with Gasteiger partial charge in [0.15, 0.2) is 5.96 Å². The molecule has 6 heteroatoms. The summed E-state index contributed by atoms with van der Waals surface area (Å²) in [6.45, 7) is 2.59. The normalized spacial score (nSPS) is 14.2. The number of nitrogens with zero attached hydrogens (tertiary/aromatic N) is 4. The van der Waals surface area contributed by atoms with E-state index >= 15 is 0 Å². The minimum absolute atomic E-state index is 0.258. The Hall–Kier alpha value is -3.15. The Morgan fingerprint density at radius 2 is 1.65 bits per heavy atom. The molecule has 0 fully saturated rings. The molecule has 0 saturated carbocycles. The number of hydrogen-bond donors (Lipinski definition) is 2. The van der Waals surface area contributed by atoms with Crippen molar-refractivity contribution in [3.05, 3.63) is 83.4 Å². The standard InChI is InChI=1S/C25H32N6/c1-26-25(27-17-16-24-30-29-23-15-9-4-10-18-31(23)24)28-19-22(20-11-5-2-6-12-20)21-13-7-3-8-14-21/h2-3,5-8,11-14,22H,4,9-10,15-19H2,1H3,(H2,26,27,28). The molecule has 6 nitrogen and oxygen atoms in total. The van der Waals surface area contributed by atoms with E-state index in [0.29, 0.717) is 0 Å². The first-order valence-electron chi connectivity index (χ1n) is 11.3. The smallest absolute Gasteiger partial charge is 0.191 e. The van der Waals surface area contributed by atoms with E-state index in [-0.39, 0.29) is 5.92 Å². The minimum atomic E-state index is 0.258. The summed E-state index contributed by atoms with van der Waals surface area (Å²) in [4.78, 5) is 4.42. The van der Waals surface area contributed by atoms with Gasteiger partial charge in [0.2, 0.25) is 0 Å². The summed E-state index contributed by atoms with van der Waals surface area (Å²) >= 11 is 0. The zero-order valence-electron chi connectivity index (χ0n) is 18.3. The lowest BCUT2D eigenvalue weighted by molar-refractivity contribution is 0.600. The van der Waals surface area contributed by atoms with Gasteiger partial charge in [0.05, 0.1) is 0 Å². The number of benzene rings is 2. The van der Waals surface area contributed by atoms with Crippen LogP contribution in [-0.2, 0) is 19.4 Å². The molecule has 3 aromatic rings. The average molecular weight is 417 g/mol. The molecule has 162 valence electrons. The van der Waals surface area contributed by atoms with Gasteiger partial charge in [-0.25, -0.2) is 0 Å². The summed E-state index contributed by atoms with van der Waals surface area (Å²) < 4.78 is 2.31. The predicted octanol–water partition coefficient (Wildman–Crippen LogP) is 3.54. The fourth-order valence-corrected chi connectivity index (χ4v) is 4.24. The Morgan fingerprint density at radius 1 is 0.935 bits per heavy atom. The number of aromatic nitrogens is 3. The second-order valence-electron chi connectivity index (χ2n) is 8.00. The fourth-order valence-electron chi connectivity index (χ4n) is 4.24. The molecule has 0 aliphatic carbocycles. The molecular weight excluding hydrogens is 384 g/mol. The lowest BCUT2D eigenvalue weighted by atomic mass is 9.91. The maximum atomic E-state index is 4.43. The summed E-state index contributed by atoms with van der Waals surface area (Å²) in [5, 5.41) is 15.8. The third-order valence-corrected chi connectivity index (χ3v) is 5.93. The van der Waals surface area contributed by atoms with Crippen LogP contribution in [-0.4, -0.2) is 40.9 Å². The highest BCUT2D eigenvalue weighted by molar-refractivity contribution is 5.79. The summed E-state index contributed by atoms with van der Waals surface area (Å²) in [5.41, 5.74) is 2.59. The Labute approximate surface area is 184 Å². The topological polar surface area (TPSA) is 67.1 Å². The zero-order valence-corrected chi connectivity index (χ0v) is 18.3. The molecule has 31 heavy (non-hydrogen) atoms. The third kappa shape index (κ3) is 5.51. The van der Waals surface area contributed by atoms with Crippen molar-refractivity contribution in [2.24, 2.45) is 4.99 Å². The zero-order chi connectivity index (χ0) is 21.3. The SMILES string of the molecule is CN=C(NCCc1nnc2n1CCCCC2)NCC(c1ccccc1)c1ccccc1. The van der Waals surface area contributed by atoms with E-state index in [1.807, 2.05) is 7.05 Å². The Balaban J connectivity index is 1.35. The number of aryl methyl sites for hydroxylation is 1. The van der Waals surface area contributed by atoms with Crippen LogP contribution in [0.2, 0.25) is 0 Å². The predicted molar refractivity (Wildman–Crippen MR) is 125 cm³/mol. The second-order valence-corrected chi connectivity index (χ2v) is 8.00.